The Morgan fingerprint density at radius 1 is 0.857 bits per heavy atom. The number of hydrogen-bond acceptors (Lipinski definition) is 6. The van der Waals surface area contributed by atoms with Gasteiger partial charge < -0.3 is 24.5 Å². The third-order valence-corrected chi connectivity index (χ3v) is 5.97. The molecule has 1 aromatic rings. The first-order valence-electron chi connectivity index (χ1n) is 9.17. The Bertz CT molecular complexity index is 670. The summed E-state index contributed by atoms with van der Waals surface area (Å²) in [5.74, 6) is 0. The first-order valence-corrected chi connectivity index (χ1v) is 12.8. The molecule has 0 aromatic carbocycles. The molecule has 28 heavy (non-hydrogen) atoms. The maximum absolute atomic E-state index is 11.5. The molecule has 0 atom stereocenters. The van der Waals surface area contributed by atoms with Gasteiger partial charge in [0.25, 0.3) is 0 Å². The lowest BCUT2D eigenvalue weighted by molar-refractivity contribution is 0.223. The van der Waals surface area contributed by atoms with Crippen LogP contribution in [0.15, 0.2) is 18.2 Å². The zero-order valence-corrected chi connectivity index (χ0v) is 17.9. The van der Waals surface area contributed by atoms with Crippen molar-refractivity contribution in [2.24, 2.45) is 0 Å². The molecule has 1 aliphatic rings. The van der Waals surface area contributed by atoms with Crippen LogP contribution in [0.4, 0.5) is 0 Å². The highest BCUT2D eigenvalue weighted by Crippen LogP contribution is 2.36. The highest BCUT2D eigenvalue weighted by Gasteiger charge is 2.22. The zero-order chi connectivity index (χ0) is 20.8. The third kappa shape index (κ3) is 9.69. The average Bonchev–Trinajstić information content (AvgIpc) is 2.51. The molecule has 10 nitrogen and oxygen atoms in total. The predicted molar refractivity (Wildman–Crippen MR) is 106 cm³/mol. The molecule has 160 valence electrons. The number of fused-ring (bicyclic) bond motifs is 2. The van der Waals surface area contributed by atoms with E-state index in [0.717, 1.165) is 25.9 Å². The van der Waals surface area contributed by atoms with Crippen LogP contribution in [-0.2, 0) is 22.2 Å². The molecule has 0 amide bonds. The Morgan fingerprint density at radius 3 is 1.68 bits per heavy atom. The van der Waals surface area contributed by atoms with Gasteiger partial charge in [-0.05, 0) is 45.1 Å². The van der Waals surface area contributed by atoms with E-state index in [9.17, 15) is 28.7 Å². The first kappa shape index (κ1) is 23.6. The van der Waals surface area contributed by atoms with Gasteiger partial charge in [0.05, 0.1) is 11.4 Å². The molecule has 2 heterocycles. The van der Waals surface area contributed by atoms with Gasteiger partial charge in [0, 0.05) is 26.2 Å². The lowest BCUT2D eigenvalue weighted by Gasteiger charge is -2.27. The maximum Gasteiger partial charge on any atom is 0.339 e. The van der Waals surface area contributed by atoms with Gasteiger partial charge in [-0.15, -0.1) is 0 Å². The molecule has 4 N–H and O–H groups in total. The third-order valence-electron chi connectivity index (χ3n) is 4.43. The second-order valence-electron chi connectivity index (χ2n) is 7.35. The van der Waals surface area contributed by atoms with E-state index < -0.39 is 15.2 Å². The molecule has 1 aromatic heterocycles. The average molecular weight is 436 g/mol. The number of nitrogens with zero attached hydrogens (tertiary/aromatic N) is 4. The van der Waals surface area contributed by atoms with Gasteiger partial charge in [0.2, 0.25) is 0 Å². The molecule has 2 bridgehead atoms. The van der Waals surface area contributed by atoms with Crippen molar-refractivity contribution < 1.29 is 28.7 Å². The van der Waals surface area contributed by atoms with E-state index in [-0.39, 0.29) is 12.6 Å². The van der Waals surface area contributed by atoms with Gasteiger partial charge in [-0.2, -0.15) is 0 Å². The van der Waals surface area contributed by atoms with Crippen LogP contribution in [0.2, 0.25) is 0 Å². The number of aromatic nitrogens is 1. The van der Waals surface area contributed by atoms with Crippen molar-refractivity contribution >= 4 is 15.2 Å². The fraction of sp³-hybridized carbons (Fsp3) is 0.688. The van der Waals surface area contributed by atoms with E-state index in [2.05, 4.69) is 9.88 Å². The molecule has 1 aliphatic heterocycles. The molecular weight excluding hydrogens is 406 g/mol. The Hall–Kier alpha value is -0.670. The van der Waals surface area contributed by atoms with Crippen molar-refractivity contribution in [2.45, 2.75) is 25.9 Å². The summed E-state index contributed by atoms with van der Waals surface area (Å²) in [7, 11) is -6.40. The quantitative estimate of drug-likeness (QED) is 0.499. The second-order valence-corrected chi connectivity index (χ2v) is 10.6. The first-order chi connectivity index (χ1) is 13.0. The van der Waals surface area contributed by atoms with E-state index in [1.807, 2.05) is 13.1 Å². The molecule has 0 saturated heterocycles. The van der Waals surface area contributed by atoms with E-state index in [1.165, 1.54) is 0 Å². The lowest BCUT2D eigenvalue weighted by Crippen LogP contribution is -2.32. The van der Waals surface area contributed by atoms with Crippen LogP contribution in [0.3, 0.4) is 0 Å². The highest BCUT2D eigenvalue weighted by molar-refractivity contribution is 7.51. The summed E-state index contributed by atoms with van der Waals surface area (Å²) in [6, 6.07) is 5.39. The molecule has 12 heteroatoms. The van der Waals surface area contributed by atoms with Crippen LogP contribution in [0.25, 0.3) is 0 Å². The van der Waals surface area contributed by atoms with E-state index in [0.29, 0.717) is 37.6 Å². The Labute approximate surface area is 165 Å². The molecule has 0 saturated carbocycles. The summed E-state index contributed by atoms with van der Waals surface area (Å²) in [4.78, 5) is 47.6. The van der Waals surface area contributed by atoms with Crippen LogP contribution in [0, 0.1) is 0 Å². The standard InChI is InChI=1S/C16H30N4O6P2/c1-18-7-3-9-19(13-27(21,22)23)11-15-5-2-6-16(17-15)12-20(10-4-8-18)14-28(24,25)26/h2,5-6H,3-4,7-14H2,1H3,(H2,21,22,23)(H2,24,25,26). The van der Waals surface area contributed by atoms with Crippen LogP contribution >= 0.6 is 15.2 Å². The highest BCUT2D eigenvalue weighted by atomic mass is 31.2. The van der Waals surface area contributed by atoms with Gasteiger partial charge in [0.1, 0.15) is 12.6 Å². The smallest absolute Gasteiger partial charge is 0.324 e. The molecule has 0 radical (unpaired) electrons. The number of rotatable bonds is 4. The molecule has 2 rings (SSSR count). The topological polar surface area (TPSA) is 138 Å². The lowest BCUT2D eigenvalue weighted by atomic mass is 10.2. The summed E-state index contributed by atoms with van der Waals surface area (Å²) in [6.07, 6.45) is 0.852. The van der Waals surface area contributed by atoms with Crippen molar-refractivity contribution in [3.8, 4) is 0 Å². The number of pyridine rings is 1. The molecule has 0 spiro atoms. The normalized spacial score (nSPS) is 20.0. The van der Waals surface area contributed by atoms with Crippen molar-refractivity contribution in [1.82, 2.24) is 19.7 Å². The molecule has 0 fully saturated rings. The second kappa shape index (κ2) is 10.4. The summed E-state index contributed by atoms with van der Waals surface area (Å²) in [5, 5.41) is 0. The van der Waals surface area contributed by atoms with E-state index in [1.54, 1.807) is 21.9 Å². The Kier molecular flexibility index (Phi) is 8.76. The fourth-order valence-corrected chi connectivity index (χ4v) is 4.85. The van der Waals surface area contributed by atoms with E-state index >= 15 is 0 Å². The van der Waals surface area contributed by atoms with Gasteiger partial charge in [-0.1, -0.05) is 6.07 Å². The van der Waals surface area contributed by atoms with Crippen LogP contribution in [0.1, 0.15) is 24.2 Å². The minimum atomic E-state index is -4.19. The summed E-state index contributed by atoms with van der Waals surface area (Å²) >= 11 is 0. The summed E-state index contributed by atoms with van der Waals surface area (Å²) in [5.41, 5.74) is 1.35. The minimum absolute atomic E-state index is 0.307. The predicted octanol–water partition coefficient (Wildman–Crippen LogP) is 0.682. The number of hydrogen-bond donors (Lipinski definition) is 4. The van der Waals surface area contributed by atoms with Gasteiger partial charge >= 0.3 is 15.2 Å². The summed E-state index contributed by atoms with van der Waals surface area (Å²) < 4.78 is 23.0. The van der Waals surface area contributed by atoms with Gasteiger partial charge in [-0.3, -0.25) is 23.9 Å². The Morgan fingerprint density at radius 2 is 1.29 bits per heavy atom. The SMILES string of the molecule is CN1CCCN(CP(=O)(O)O)Cc2cccc(n2)CN(CP(=O)(O)O)CCC1. The van der Waals surface area contributed by atoms with Gasteiger partial charge in [0.15, 0.2) is 0 Å². The van der Waals surface area contributed by atoms with Crippen molar-refractivity contribution in [1.29, 1.82) is 0 Å². The van der Waals surface area contributed by atoms with Crippen LogP contribution in [-0.4, -0.2) is 85.1 Å². The monoisotopic (exact) mass is 436 g/mol. The summed E-state index contributed by atoms with van der Waals surface area (Å²) in [6.45, 7) is 3.24. The van der Waals surface area contributed by atoms with Crippen LogP contribution < -0.4 is 0 Å². The molecular formula is C16H30N4O6P2. The van der Waals surface area contributed by atoms with E-state index in [4.69, 9.17) is 0 Å². The van der Waals surface area contributed by atoms with Crippen molar-refractivity contribution in [3.63, 3.8) is 0 Å². The fourth-order valence-electron chi connectivity index (χ4n) is 3.32. The van der Waals surface area contributed by atoms with Crippen LogP contribution in [0.5, 0.6) is 0 Å². The van der Waals surface area contributed by atoms with Gasteiger partial charge in [-0.25, -0.2) is 0 Å². The maximum atomic E-state index is 11.5. The largest absolute Gasteiger partial charge is 0.339 e. The molecule has 0 unspecified atom stereocenters. The Balaban J connectivity index is 2.22. The van der Waals surface area contributed by atoms with Crippen molar-refractivity contribution in [3.05, 3.63) is 29.6 Å². The van der Waals surface area contributed by atoms with Crippen molar-refractivity contribution in [2.75, 3.05) is 45.8 Å². The molecule has 0 aliphatic carbocycles. The minimum Gasteiger partial charge on any atom is -0.324 e. The zero-order valence-electron chi connectivity index (χ0n) is 16.1.